The second kappa shape index (κ2) is 6.88. The summed E-state index contributed by atoms with van der Waals surface area (Å²) in [6, 6.07) is 5.49. The first-order valence-corrected chi connectivity index (χ1v) is 7.54. The highest BCUT2D eigenvalue weighted by atomic mass is 16.5. The van der Waals surface area contributed by atoms with Gasteiger partial charge in [0.1, 0.15) is 12.2 Å². The van der Waals surface area contributed by atoms with Crippen LogP contribution in [0.5, 0.6) is 0 Å². The van der Waals surface area contributed by atoms with Crippen molar-refractivity contribution in [1.29, 1.82) is 5.26 Å². The molecular formula is C17H14N4O4. The van der Waals surface area contributed by atoms with Crippen molar-refractivity contribution in [2.24, 2.45) is 0 Å². The predicted octanol–water partition coefficient (Wildman–Crippen LogP) is 1.39. The average molecular weight is 338 g/mol. The number of fused-ring (bicyclic) bond motifs is 1. The van der Waals surface area contributed by atoms with Crippen LogP contribution in [0.4, 0.5) is 0 Å². The zero-order valence-electron chi connectivity index (χ0n) is 13.3. The van der Waals surface area contributed by atoms with Crippen LogP contribution in [0.1, 0.15) is 12.5 Å². The molecule has 0 bridgehead atoms. The molecule has 3 heterocycles. The minimum absolute atomic E-state index is 0.0340. The molecule has 1 aliphatic heterocycles. The van der Waals surface area contributed by atoms with Gasteiger partial charge in [0, 0.05) is 23.3 Å². The van der Waals surface area contributed by atoms with Crippen LogP contribution in [0.3, 0.4) is 0 Å². The molecule has 0 saturated heterocycles. The van der Waals surface area contributed by atoms with E-state index in [0.717, 1.165) is 5.39 Å². The third-order valence-electron chi connectivity index (χ3n) is 3.47. The Morgan fingerprint density at radius 2 is 2.40 bits per heavy atom. The van der Waals surface area contributed by atoms with Gasteiger partial charge in [-0.3, -0.25) is 4.79 Å². The molecule has 3 rings (SSSR count). The second-order valence-corrected chi connectivity index (χ2v) is 5.02. The number of carbonyl (C=O) groups is 2. The highest BCUT2D eigenvalue weighted by molar-refractivity contribution is 6.26. The second-order valence-electron chi connectivity index (χ2n) is 5.02. The van der Waals surface area contributed by atoms with Crippen LogP contribution in [0.25, 0.3) is 17.1 Å². The lowest BCUT2D eigenvalue weighted by atomic mass is 10.1. The van der Waals surface area contributed by atoms with Gasteiger partial charge in [-0.1, -0.05) is 0 Å². The Morgan fingerprint density at radius 3 is 3.16 bits per heavy atom. The fourth-order valence-electron chi connectivity index (χ4n) is 2.40. The number of H-pyrrole nitrogens is 1. The molecule has 0 fully saturated rings. The maximum atomic E-state index is 12.6. The van der Waals surface area contributed by atoms with E-state index in [4.69, 9.17) is 14.7 Å². The van der Waals surface area contributed by atoms with Crippen LogP contribution >= 0.6 is 0 Å². The van der Waals surface area contributed by atoms with Crippen LogP contribution < -0.4 is 5.32 Å². The van der Waals surface area contributed by atoms with E-state index in [-0.39, 0.29) is 30.4 Å². The number of nitrogens with one attached hydrogen (secondary N) is 2. The summed E-state index contributed by atoms with van der Waals surface area (Å²) in [6.45, 7) is 1.64. The molecule has 2 aromatic heterocycles. The molecule has 0 unspecified atom stereocenters. The van der Waals surface area contributed by atoms with Gasteiger partial charge in [0.25, 0.3) is 0 Å². The molecular weight excluding hydrogens is 324 g/mol. The van der Waals surface area contributed by atoms with Crippen molar-refractivity contribution < 1.29 is 19.1 Å². The number of Topliss-reactive ketones (excluding diaryl/α,β-unsaturated/α-hetero) is 1. The predicted molar refractivity (Wildman–Crippen MR) is 87.4 cm³/mol. The van der Waals surface area contributed by atoms with Gasteiger partial charge in [-0.2, -0.15) is 5.26 Å². The van der Waals surface area contributed by atoms with Gasteiger partial charge in [0.2, 0.25) is 11.7 Å². The monoisotopic (exact) mass is 338 g/mol. The SMILES string of the molecule is CCOC(=O)C1=C(NCC#N)OC(=Cc2c[nH]c3ncccc23)C1=O. The van der Waals surface area contributed by atoms with Crippen molar-refractivity contribution in [3.8, 4) is 6.07 Å². The van der Waals surface area contributed by atoms with Crippen LogP contribution in [-0.4, -0.2) is 34.9 Å². The number of nitrogens with zero attached hydrogens (tertiary/aromatic N) is 2. The molecule has 25 heavy (non-hydrogen) atoms. The first kappa shape index (κ1) is 16.3. The number of allylic oxidation sites excluding steroid dienone is 1. The Kier molecular flexibility index (Phi) is 4.48. The molecule has 8 heteroatoms. The van der Waals surface area contributed by atoms with Crippen molar-refractivity contribution in [2.45, 2.75) is 6.92 Å². The number of pyridine rings is 1. The average Bonchev–Trinajstić information content (AvgIpc) is 3.15. The molecule has 1 aliphatic rings. The van der Waals surface area contributed by atoms with Crippen molar-refractivity contribution >= 4 is 28.9 Å². The summed E-state index contributed by atoms with van der Waals surface area (Å²) >= 11 is 0. The number of hydrogen-bond acceptors (Lipinski definition) is 7. The lowest BCUT2D eigenvalue weighted by Gasteiger charge is -2.04. The highest BCUT2D eigenvalue weighted by Crippen LogP contribution is 2.28. The van der Waals surface area contributed by atoms with E-state index in [1.165, 1.54) is 6.08 Å². The molecule has 0 aliphatic carbocycles. The van der Waals surface area contributed by atoms with E-state index in [1.54, 1.807) is 25.4 Å². The fourth-order valence-corrected chi connectivity index (χ4v) is 2.40. The lowest BCUT2D eigenvalue weighted by molar-refractivity contribution is -0.139. The van der Waals surface area contributed by atoms with Crippen LogP contribution in [0.15, 0.2) is 41.7 Å². The van der Waals surface area contributed by atoms with E-state index in [1.807, 2.05) is 12.1 Å². The standard InChI is InChI=1S/C17H14N4O4/c1-2-24-17(23)13-14(22)12(25-16(13)20-7-5-18)8-10-9-21-15-11(10)4-3-6-19-15/h3-4,6,8-9,20H,2,7H2,1H3,(H,19,21). The van der Waals surface area contributed by atoms with Crippen LogP contribution in [0, 0.1) is 11.3 Å². The summed E-state index contributed by atoms with van der Waals surface area (Å²) in [6.07, 6.45) is 4.85. The molecule has 126 valence electrons. The van der Waals surface area contributed by atoms with Crippen LogP contribution in [0.2, 0.25) is 0 Å². The number of carbonyl (C=O) groups excluding carboxylic acids is 2. The largest absolute Gasteiger partial charge is 0.462 e. The van der Waals surface area contributed by atoms with Gasteiger partial charge < -0.3 is 19.8 Å². The molecule has 0 spiro atoms. The first-order valence-electron chi connectivity index (χ1n) is 7.54. The van der Waals surface area contributed by atoms with Gasteiger partial charge in [-0.15, -0.1) is 0 Å². The number of ether oxygens (including phenoxy) is 2. The molecule has 0 saturated carbocycles. The third kappa shape index (κ3) is 3.07. The number of ketones is 1. The smallest absolute Gasteiger partial charge is 0.347 e. The number of rotatable bonds is 5. The number of esters is 1. The Bertz CT molecular complexity index is 949. The summed E-state index contributed by atoms with van der Waals surface area (Å²) in [7, 11) is 0. The van der Waals surface area contributed by atoms with Gasteiger partial charge in [-0.25, -0.2) is 9.78 Å². The Balaban J connectivity index is 1.96. The van der Waals surface area contributed by atoms with E-state index >= 15 is 0 Å². The highest BCUT2D eigenvalue weighted by Gasteiger charge is 2.36. The number of hydrogen-bond donors (Lipinski definition) is 2. The quantitative estimate of drug-likeness (QED) is 0.366. The number of nitriles is 1. The lowest BCUT2D eigenvalue weighted by Crippen LogP contribution is -2.20. The van der Waals surface area contributed by atoms with Gasteiger partial charge in [0.05, 0.1) is 12.7 Å². The Hall–Kier alpha value is -3.60. The summed E-state index contributed by atoms with van der Waals surface area (Å²) < 4.78 is 10.4. The van der Waals surface area contributed by atoms with Gasteiger partial charge in [-0.05, 0) is 25.1 Å². The van der Waals surface area contributed by atoms with Crippen molar-refractivity contribution in [2.75, 3.05) is 13.2 Å². The van der Waals surface area contributed by atoms with Gasteiger partial charge in [0.15, 0.2) is 11.3 Å². The summed E-state index contributed by atoms with van der Waals surface area (Å²) in [5.74, 6) is -1.50. The minimum atomic E-state index is -0.795. The number of aromatic amines is 1. The third-order valence-corrected chi connectivity index (χ3v) is 3.47. The van der Waals surface area contributed by atoms with Crippen molar-refractivity contribution in [3.63, 3.8) is 0 Å². The van der Waals surface area contributed by atoms with E-state index in [2.05, 4.69) is 15.3 Å². The molecule has 0 amide bonds. The summed E-state index contributed by atoms with van der Waals surface area (Å²) in [5.41, 5.74) is 1.11. The molecule has 2 aromatic rings. The Morgan fingerprint density at radius 1 is 1.56 bits per heavy atom. The van der Waals surface area contributed by atoms with Crippen molar-refractivity contribution in [1.82, 2.24) is 15.3 Å². The molecule has 2 N–H and O–H groups in total. The molecule has 0 atom stereocenters. The minimum Gasteiger partial charge on any atom is -0.462 e. The van der Waals surface area contributed by atoms with E-state index in [0.29, 0.717) is 11.2 Å². The maximum absolute atomic E-state index is 12.6. The Labute approximate surface area is 142 Å². The zero-order valence-corrected chi connectivity index (χ0v) is 13.3. The van der Waals surface area contributed by atoms with E-state index in [9.17, 15) is 9.59 Å². The molecule has 0 radical (unpaired) electrons. The summed E-state index contributed by atoms with van der Waals surface area (Å²) in [5, 5.41) is 12.1. The van der Waals surface area contributed by atoms with E-state index < -0.39 is 11.8 Å². The molecule has 8 nitrogen and oxygen atoms in total. The van der Waals surface area contributed by atoms with Gasteiger partial charge >= 0.3 is 5.97 Å². The van der Waals surface area contributed by atoms with Crippen molar-refractivity contribution in [3.05, 3.63) is 47.3 Å². The topological polar surface area (TPSA) is 117 Å². The van der Waals surface area contributed by atoms with Crippen LogP contribution in [-0.2, 0) is 19.1 Å². The number of aromatic nitrogens is 2. The maximum Gasteiger partial charge on any atom is 0.347 e. The summed E-state index contributed by atoms with van der Waals surface area (Å²) in [4.78, 5) is 31.8. The normalized spacial score (nSPS) is 15.4. The zero-order chi connectivity index (χ0) is 17.8. The molecule has 0 aromatic carbocycles. The fraction of sp³-hybridized carbons (Fsp3) is 0.176. The first-order chi connectivity index (χ1) is 12.2.